The summed E-state index contributed by atoms with van der Waals surface area (Å²) in [4.78, 5) is 11.5. The van der Waals surface area contributed by atoms with Crippen LogP contribution in [-0.2, 0) is 0 Å². The standard InChI is InChI=1S/C14H10ClFO/c1-9(17)11-4-2-3-5-12(11)10-6-7-13(15)14(16)8-10/h2-8H,1H3. The maximum atomic E-state index is 13.4. The van der Waals surface area contributed by atoms with Gasteiger partial charge in [0, 0.05) is 5.56 Å². The van der Waals surface area contributed by atoms with Crippen LogP contribution in [0.3, 0.4) is 0 Å². The Bertz CT molecular complexity index is 578. The van der Waals surface area contributed by atoms with E-state index in [2.05, 4.69) is 0 Å². The van der Waals surface area contributed by atoms with Crippen molar-refractivity contribution in [2.24, 2.45) is 0 Å². The van der Waals surface area contributed by atoms with Crippen LogP contribution in [0.4, 0.5) is 4.39 Å². The second kappa shape index (κ2) is 4.68. The predicted molar refractivity (Wildman–Crippen MR) is 66.9 cm³/mol. The molecule has 0 bridgehead atoms. The highest BCUT2D eigenvalue weighted by atomic mass is 35.5. The number of rotatable bonds is 2. The Hall–Kier alpha value is -1.67. The van der Waals surface area contributed by atoms with Crippen molar-refractivity contribution in [1.82, 2.24) is 0 Å². The molecule has 0 amide bonds. The summed E-state index contributed by atoms with van der Waals surface area (Å²) in [5.41, 5.74) is 1.95. The molecule has 0 aliphatic carbocycles. The fourth-order valence-corrected chi connectivity index (χ4v) is 1.82. The number of carbonyl (C=O) groups excluding carboxylic acids is 1. The highest BCUT2D eigenvalue weighted by Gasteiger charge is 2.09. The van der Waals surface area contributed by atoms with Gasteiger partial charge in [0.1, 0.15) is 5.82 Å². The molecule has 0 saturated carbocycles. The number of ketones is 1. The van der Waals surface area contributed by atoms with Crippen molar-refractivity contribution in [3.63, 3.8) is 0 Å². The van der Waals surface area contributed by atoms with Crippen molar-refractivity contribution >= 4 is 17.4 Å². The summed E-state index contributed by atoms with van der Waals surface area (Å²) in [6, 6.07) is 11.6. The fourth-order valence-electron chi connectivity index (χ4n) is 1.71. The number of hydrogen-bond acceptors (Lipinski definition) is 1. The van der Waals surface area contributed by atoms with E-state index >= 15 is 0 Å². The van der Waals surface area contributed by atoms with Crippen molar-refractivity contribution in [3.8, 4) is 11.1 Å². The third kappa shape index (κ3) is 2.37. The Balaban J connectivity index is 2.60. The van der Waals surface area contributed by atoms with Gasteiger partial charge in [-0.2, -0.15) is 0 Å². The van der Waals surface area contributed by atoms with Crippen LogP contribution in [-0.4, -0.2) is 5.78 Å². The quantitative estimate of drug-likeness (QED) is 0.722. The molecule has 2 rings (SSSR count). The van der Waals surface area contributed by atoms with E-state index in [1.807, 2.05) is 6.07 Å². The van der Waals surface area contributed by atoms with E-state index in [1.165, 1.54) is 19.1 Å². The van der Waals surface area contributed by atoms with Gasteiger partial charge in [0.05, 0.1) is 5.02 Å². The van der Waals surface area contributed by atoms with E-state index in [9.17, 15) is 9.18 Å². The van der Waals surface area contributed by atoms with Crippen molar-refractivity contribution in [3.05, 3.63) is 58.9 Å². The van der Waals surface area contributed by atoms with Gasteiger partial charge in [0.15, 0.2) is 5.78 Å². The van der Waals surface area contributed by atoms with Gasteiger partial charge in [-0.1, -0.05) is 41.9 Å². The molecule has 86 valence electrons. The second-order valence-corrected chi connectivity index (χ2v) is 4.14. The van der Waals surface area contributed by atoms with Gasteiger partial charge in [0.25, 0.3) is 0 Å². The van der Waals surface area contributed by atoms with Gasteiger partial charge in [-0.15, -0.1) is 0 Å². The van der Waals surface area contributed by atoms with E-state index in [0.717, 1.165) is 5.56 Å². The molecule has 17 heavy (non-hydrogen) atoms. The molecule has 0 aromatic heterocycles. The zero-order chi connectivity index (χ0) is 12.4. The lowest BCUT2D eigenvalue weighted by atomic mass is 9.97. The molecule has 0 N–H and O–H groups in total. The van der Waals surface area contributed by atoms with Crippen molar-refractivity contribution in [1.29, 1.82) is 0 Å². The van der Waals surface area contributed by atoms with E-state index in [4.69, 9.17) is 11.6 Å². The van der Waals surface area contributed by atoms with Crippen LogP contribution < -0.4 is 0 Å². The number of Topliss-reactive ketones (excluding diaryl/α,β-unsaturated/α-hetero) is 1. The van der Waals surface area contributed by atoms with Gasteiger partial charge >= 0.3 is 0 Å². The van der Waals surface area contributed by atoms with Gasteiger partial charge in [-0.25, -0.2) is 4.39 Å². The minimum absolute atomic E-state index is 0.0454. The van der Waals surface area contributed by atoms with Crippen molar-refractivity contribution in [2.45, 2.75) is 6.92 Å². The third-order valence-corrected chi connectivity index (χ3v) is 2.84. The second-order valence-electron chi connectivity index (χ2n) is 3.73. The predicted octanol–water partition coefficient (Wildman–Crippen LogP) is 4.35. The smallest absolute Gasteiger partial charge is 0.160 e. The summed E-state index contributed by atoms with van der Waals surface area (Å²) in [5.74, 6) is -0.529. The Labute approximate surface area is 104 Å². The van der Waals surface area contributed by atoms with Crippen LogP contribution in [0.5, 0.6) is 0 Å². The maximum absolute atomic E-state index is 13.4. The summed E-state index contributed by atoms with van der Waals surface area (Å²) < 4.78 is 13.4. The Morgan fingerprint density at radius 2 is 1.88 bits per heavy atom. The number of halogens is 2. The molecule has 2 aromatic carbocycles. The Morgan fingerprint density at radius 3 is 2.53 bits per heavy atom. The molecular formula is C14H10ClFO. The monoisotopic (exact) mass is 248 g/mol. The zero-order valence-electron chi connectivity index (χ0n) is 9.21. The molecule has 0 fully saturated rings. The van der Waals surface area contributed by atoms with E-state index in [0.29, 0.717) is 11.1 Å². The van der Waals surface area contributed by atoms with Crippen LogP contribution >= 0.6 is 11.6 Å². The topological polar surface area (TPSA) is 17.1 Å². The largest absolute Gasteiger partial charge is 0.294 e. The summed E-state index contributed by atoms with van der Waals surface area (Å²) in [6.07, 6.45) is 0. The first kappa shape index (κ1) is 11.8. The molecule has 0 aliphatic heterocycles. The average Bonchev–Trinajstić information content (AvgIpc) is 2.32. The van der Waals surface area contributed by atoms with E-state index < -0.39 is 5.82 Å². The first-order chi connectivity index (χ1) is 8.09. The van der Waals surface area contributed by atoms with Crippen LogP contribution in [0.2, 0.25) is 5.02 Å². The minimum Gasteiger partial charge on any atom is -0.294 e. The van der Waals surface area contributed by atoms with Gasteiger partial charge in [0.2, 0.25) is 0 Å². The molecule has 0 unspecified atom stereocenters. The molecule has 3 heteroatoms. The lowest BCUT2D eigenvalue weighted by Crippen LogP contribution is -1.95. The van der Waals surface area contributed by atoms with Crippen molar-refractivity contribution < 1.29 is 9.18 Å². The maximum Gasteiger partial charge on any atom is 0.160 e. The Kier molecular flexibility index (Phi) is 3.25. The highest BCUT2D eigenvalue weighted by Crippen LogP contribution is 2.27. The lowest BCUT2D eigenvalue weighted by Gasteiger charge is -2.07. The normalized spacial score (nSPS) is 10.3. The van der Waals surface area contributed by atoms with Crippen molar-refractivity contribution in [2.75, 3.05) is 0 Å². The first-order valence-corrected chi connectivity index (χ1v) is 5.53. The zero-order valence-corrected chi connectivity index (χ0v) is 9.96. The Morgan fingerprint density at radius 1 is 1.18 bits per heavy atom. The average molecular weight is 249 g/mol. The molecule has 0 atom stereocenters. The highest BCUT2D eigenvalue weighted by molar-refractivity contribution is 6.30. The molecule has 1 nitrogen and oxygen atoms in total. The number of benzene rings is 2. The lowest BCUT2D eigenvalue weighted by molar-refractivity contribution is 0.101. The molecule has 0 heterocycles. The van der Waals surface area contributed by atoms with E-state index in [1.54, 1.807) is 24.3 Å². The van der Waals surface area contributed by atoms with Crippen LogP contribution in [0.15, 0.2) is 42.5 Å². The van der Waals surface area contributed by atoms with Crippen LogP contribution in [0.1, 0.15) is 17.3 Å². The molecular weight excluding hydrogens is 239 g/mol. The number of carbonyl (C=O) groups is 1. The minimum atomic E-state index is -0.484. The van der Waals surface area contributed by atoms with Gasteiger partial charge < -0.3 is 0 Å². The number of hydrogen-bond donors (Lipinski definition) is 0. The van der Waals surface area contributed by atoms with Crippen LogP contribution in [0, 0.1) is 5.82 Å². The SMILES string of the molecule is CC(=O)c1ccccc1-c1ccc(Cl)c(F)c1. The summed E-state index contributed by atoms with van der Waals surface area (Å²) in [5, 5.41) is 0.0778. The van der Waals surface area contributed by atoms with E-state index in [-0.39, 0.29) is 10.8 Å². The molecule has 0 saturated heterocycles. The molecule has 0 aliphatic rings. The third-order valence-electron chi connectivity index (χ3n) is 2.54. The summed E-state index contributed by atoms with van der Waals surface area (Å²) >= 11 is 5.63. The molecule has 2 aromatic rings. The summed E-state index contributed by atoms with van der Waals surface area (Å²) in [7, 11) is 0. The molecule has 0 spiro atoms. The van der Waals surface area contributed by atoms with Gasteiger partial charge in [-0.3, -0.25) is 4.79 Å². The summed E-state index contributed by atoms with van der Waals surface area (Å²) in [6.45, 7) is 1.49. The van der Waals surface area contributed by atoms with Crippen LogP contribution in [0.25, 0.3) is 11.1 Å². The van der Waals surface area contributed by atoms with Gasteiger partial charge in [-0.05, 0) is 30.2 Å². The fraction of sp³-hybridized carbons (Fsp3) is 0.0714. The molecule has 0 radical (unpaired) electrons. The first-order valence-electron chi connectivity index (χ1n) is 5.15.